The Bertz CT molecular complexity index is 729. The molecule has 0 saturated heterocycles. The maximum atomic E-state index is 11.1. The molecular formula is C20H36IN3O5S. The Labute approximate surface area is 198 Å². The van der Waals surface area contributed by atoms with E-state index in [0.717, 1.165) is 23.4 Å². The van der Waals surface area contributed by atoms with Crippen LogP contribution in [0.5, 0.6) is 5.75 Å². The summed E-state index contributed by atoms with van der Waals surface area (Å²) in [5, 5.41) is 6.37. The van der Waals surface area contributed by atoms with Gasteiger partial charge in [0.15, 0.2) is 5.96 Å². The van der Waals surface area contributed by atoms with Crippen LogP contribution in [0.4, 0.5) is 0 Å². The van der Waals surface area contributed by atoms with Gasteiger partial charge >= 0.3 is 0 Å². The lowest BCUT2D eigenvalue weighted by atomic mass is 10.1. The van der Waals surface area contributed by atoms with E-state index in [0.29, 0.717) is 45.5 Å². The minimum atomic E-state index is -2.99. The zero-order valence-electron chi connectivity index (χ0n) is 18.4. The van der Waals surface area contributed by atoms with Crippen molar-refractivity contribution in [3.8, 4) is 5.75 Å². The fraction of sp³-hybridized carbons (Fsp3) is 0.650. The smallest absolute Gasteiger partial charge is 0.191 e. The second-order valence-corrected chi connectivity index (χ2v) is 8.78. The lowest BCUT2D eigenvalue weighted by Gasteiger charge is -2.14. The molecule has 0 radical (unpaired) electrons. The van der Waals surface area contributed by atoms with Gasteiger partial charge in [-0.05, 0) is 32.4 Å². The van der Waals surface area contributed by atoms with Crippen LogP contribution in [0.2, 0.25) is 0 Å². The summed E-state index contributed by atoms with van der Waals surface area (Å²) in [5.41, 5.74) is 2.12. The third kappa shape index (κ3) is 14.0. The molecule has 0 aliphatic heterocycles. The fourth-order valence-electron chi connectivity index (χ4n) is 2.34. The number of aliphatic imine (C=N–C) groups is 1. The van der Waals surface area contributed by atoms with Gasteiger partial charge in [0.2, 0.25) is 0 Å². The summed E-state index contributed by atoms with van der Waals surface area (Å²) in [6, 6.07) is 6.07. The van der Waals surface area contributed by atoms with Crippen LogP contribution in [-0.4, -0.2) is 72.5 Å². The second kappa shape index (κ2) is 16.6. The van der Waals surface area contributed by atoms with Gasteiger partial charge < -0.3 is 24.8 Å². The molecule has 0 bridgehead atoms. The number of benzene rings is 1. The topological polar surface area (TPSA) is 98.2 Å². The highest BCUT2D eigenvalue weighted by Gasteiger charge is 2.06. The van der Waals surface area contributed by atoms with Crippen LogP contribution in [0.15, 0.2) is 23.2 Å². The first-order valence-electron chi connectivity index (χ1n) is 9.93. The quantitative estimate of drug-likeness (QED) is 0.157. The van der Waals surface area contributed by atoms with Crippen LogP contribution < -0.4 is 15.4 Å². The maximum Gasteiger partial charge on any atom is 0.191 e. The Morgan fingerprint density at radius 2 is 1.83 bits per heavy atom. The van der Waals surface area contributed by atoms with Crippen molar-refractivity contribution >= 4 is 39.8 Å². The highest BCUT2D eigenvalue weighted by molar-refractivity contribution is 14.0. The van der Waals surface area contributed by atoms with Crippen LogP contribution in [-0.2, 0) is 25.9 Å². The predicted molar refractivity (Wildman–Crippen MR) is 132 cm³/mol. The number of rotatable bonds is 14. The molecule has 0 aromatic heterocycles. The summed E-state index contributed by atoms with van der Waals surface area (Å²) in [5.74, 6) is 1.51. The van der Waals surface area contributed by atoms with Crippen molar-refractivity contribution in [1.82, 2.24) is 10.6 Å². The number of halogens is 1. The van der Waals surface area contributed by atoms with Gasteiger partial charge in [0.25, 0.3) is 0 Å². The predicted octanol–water partition coefficient (Wildman–Crippen LogP) is 2.14. The lowest BCUT2D eigenvalue weighted by Crippen LogP contribution is -2.39. The Balaban J connectivity index is 0.00000841. The molecule has 1 aromatic carbocycles. The number of ether oxygens (including phenoxy) is 3. The number of guanidine groups is 1. The Hall–Kier alpha value is -1.11. The van der Waals surface area contributed by atoms with E-state index >= 15 is 0 Å². The molecule has 0 aliphatic rings. The normalized spacial score (nSPS) is 11.7. The molecule has 30 heavy (non-hydrogen) atoms. The Morgan fingerprint density at radius 1 is 1.07 bits per heavy atom. The van der Waals surface area contributed by atoms with Crippen molar-refractivity contribution in [1.29, 1.82) is 0 Å². The van der Waals surface area contributed by atoms with Crippen molar-refractivity contribution in [3.63, 3.8) is 0 Å². The van der Waals surface area contributed by atoms with E-state index in [9.17, 15) is 8.42 Å². The summed E-state index contributed by atoms with van der Waals surface area (Å²) < 4.78 is 38.7. The number of nitrogens with zero attached hydrogens (tertiary/aromatic N) is 1. The van der Waals surface area contributed by atoms with Crippen LogP contribution in [0.1, 0.15) is 25.0 Å². The fourth-order valence-corrected chi connectivity index (χ4v) is 2.76. The molecule has 0 amide bonds. The van der Waals surface area contributed by atoms with Crippen LogP contribution in [0, 0.1) is 6.92 Å². The van der Waals surface area contributed by atoms with E-state index in [4.69, 9.17) is 14.2 Å². The van der Waals surface area contributed by atoms with Gasteiger partial charge in [-0.3, -0.25) is 0 Å². The largest absolute Gasteiger partial charge is 0.491 e. The van der Waals surface area contributed by atoms with Gasteiger partial charge in [-0.2, -0.15) is 0 Å². The van der Waals surface area contributed by atoms with Gasteiger partial charge in [-0.15, -0.1) is 24.0 Å². The van der Waals surface area contributed by atoms with Gasteiger partial charge in [0.05, 0.1) is 32.1 Å². The Morgan fingerprint density at radius 3 is 2.50 bits per heavy atom. The molecular weight excluding hydrogens is 521 g/mol. The maximum absolute atomic E-state index is 11.1. The summed E-state index contributed by atoms with van der Waals surface area (Å²) in [7, 11) is -2.99. The van der Waals surface area contributed by atoms with E-state index in [1.54, 1.807) is 0 Å². The number of nitrogens with one attached hydrogen (secondary N) is 2. The SMILES string of the molecule is CCNC(=NCc1ccc(C)cc1OCCOCC)NCCOCCS(C)(=O)=O.I. The summed E-state index contributed by atoms with van der Waals surface area (Å²) >= 11 is 0. The third-order valence-electron chi connectivity index (χ3n) is 3.80. The molecule has 0 fully saturated rings. The average Bonchev–Trinajstić information content (AvgIpc) is 2.66. The highest BCUT2D eigenvalue weighted by atomic mass is 127. The van der Waals surface area contributed by atoms with Crippen molar-refractivity contribution in [2.24, 2.45) is 4.99 Å². The molecule has 0 atom stereocenters. The molecule has 0 saturated carbocycles. The molecule has 10 heteroatoms. The van der Waals surface area contributed by atoms with Gasteiger partial charge in [-0.25, -0.2) is 13.4 Å². The zero-order valence-corrected chi connectivity index (χ0v) is 21.5. The van der Waals surface area contributed by atoms with Crippen molar-refractivity contribution < 1.29 is 22.6 Å². The van der Waals surface area contributed by atoms with Gasteiger partial charge in [0.1, 0.15) is 22.2 Å². The number of aryl methyl sites for hydroxylation is 1. The number of hydrogen-bond acceptors (Lipinski definition) is 6. The monoisotopic (exact) mass is 557 g/mol. The molecule has 0 aliphatic carbocycles. The number of sulfone groups is 1. The molecule has 0 heterocycles. The zero-order chi connectivity index (χ0) is 21.5. The summed E-state index contributed by atoms with van der Waals surface area (Å²) in [6.45, 7) is 10.0. The minimum Gasteiger partial charge on any atom is -0.491 e. The van der Waals surface area contributed by atoms with Crippen LogP contribution in [0.25, 0.3) is 0 Å². The third-order valence-corrected chi connectivity index (χ3v) is 4.71. The van der Waals surface area contributed by atoms with Crippen molar-refractivity contribution in [2.75, 3.05) is 58.1 Å². The molecule has 0 unspecified atom stereocenters. The van der Waals surface area contributed by atoms with Crippen molar-refractivity contribution in [2.45, 2.75) is 27.3 Å². The average molecular weight is 557 g/mol. The van der Waals surface area contributed by atoms with Crippen LogP contribution >= 0.6 is 24.0 Å². The van der Waals surface area contributed by atoms with E-state index in [1.807, 2.05) is 39.0 Å². The Kier molecular flexibility index (Phi) is 16.0. The highest BCUT2D eigenvalue weighted by Crippen LogP contribution is 2.21. The lowest BCUT2D eigenvalue weighted by molar-refractivity contribution is 0.110. The molecule has 2 N–H and O–H groups in total. The molecule has 174 valence electrons. The van der Waals surface area contributed by atoms with Gasteiger partial charge in [-0.1, -0.05) is 12.1 Å². The summed E-state index contributed by atoms with van der Waals surface area (Å²) in [6.07, 6.45) is 1.20. The van der Waals surface area contributed by atoms with Crippen LogP contribution in [0.3, 0.4) is 0 Å². The van der Waals surface area contributed by atoms with E-state index < -0.39 is 9.84 Å². The first-order chi connectivity index (χ1) is 13.9. The van der Waals surface area contributed by atoms with Crippen molar-refractivity contribution in [3.05, 3.63) is 29.3 Å². The number of hydrogen-bond donors (Lipinski definition) is 2. The molecule has 1 aromatic rings. The minimum absolute atomic E-state index is 0. The molecule has 0 spiro atoms. The molecule has 8 nitrogen and oxygen atoms in total. The van der Waals surface area contributed by atoms with E-state index in [2.05, 4.69) is 15.6 Å². The van der Waals surface area contributed by atoms with Gasteiger partial charge in [0, 0.05) is 31.5 Å². The standard InChI is InChI=1S/C20H35N3O5S.HI/c1-5-21-20(22-9-10-27-13-14-29(4,24)25)23-16-18-8-7-17(3)15-19(18)28-12-11-26-6-2;/h7-8,15H,5-6,9-14,16H2,1-4H3,(H2,21,22,23);1H. The van der Waals surface area contributed by atoms with E-state index in [1.165, 1.54) is 6.26 Å². The summed E-state index contributed by atoms with van der Waals surface area (Å²) in [4.78, 5) is 4.61. The first kappa shape index (κ1) is 28.9. The first-order valence-corrected chi connectivity index (χ1v) is 12.0. The van der Waals surface area contributed by atoms with E-state index in [-0.39, 0.29) is 36.3 Å². The second-order valence-electron chi connectivity index (χ2n) is 6.52. The molecule has 1 rings (SSSR count).